The predicted molar refractivity (Wildman–Crippen MR) is 216 cm³/mol. The number of piperidine rings is 1. The molecule has 1 N–H and O–H groups in total. The minimum absolute atomic E-state index is 0.0140. The van der Waals surface area contributed by atoms with E-state index in [4.69, 9.17) is 24.4 Å². The zero-order chi connectivity index (χ0) is 41.8. The van der Waals surface area contributed by atoms with Gasteiger partial charge in [0.05, 0.1) is 53.5 Å². The SMILES string of the molecule is CCO[C@H]1CN(C)C(=O)[C@@H]2C[C@@H](CN2c2nc(N3C4C[C@H]3CN(C3CC3)C4=O)nc3c2cnn3-c2ccc(F)cc2O)Oc2nccc(n2)-c2cc(F)cc3nc(C)n(c23)C1. The average Bonchev–Trinajstić information content (AvgIpc) is 3.74. The number of ether oxygens (including phenoxy) is 2. The fourth-order valence-corrected chi connectivity index (χ4v) is 9.65. The monoisotopic (exact) mass is 832 g/mol. The quantitative estimate of drug-likeness (QED) is 0.257. The van der Waals surface area contributed by atoms with Gasteiger partial charge in [-0.15, -0.1) is 0 Å². The highest BCUT2D eigenvalue weighted by molar-refractivity contribution is 5.95. The maximum Gasteiger partial charge on any atom is 0.317 e. The third-order valence-electron chi connectivity index (χ3n) is 12.6. The lowest BCUT2D eigenvalue weighted by molar-refractivity contribution is -0.140. The molecule has 1 unspecified atom stereocenters. The van der Waals surface area contributed by atoms with E-state index >= 15 is 4.39 Å². The van der Waals surface area contributed by atoms with Gasteiger partial charge in [0.25, 0.3) is 0 Å². The van der Waals surface area contributed by atoms with Gasteiger partial charge >= 0.3 is 6.01 Å². The maximum atomic E-state index is 15.2. The van der Waals surface area contributed by atoms with Gasteiger partial charge in [-0.05, 0) is 57.4 Å². The number of phenols is 1. The van der Waals surface area contributed by atoms with E-state index in [0.717, 1.165) is 18.9 Å². The van der Waals surface area contributed by atoms with E-state index in [9.17, 15) is 19.1 Å². The average molecular weight is 833 g/mol. The highest BCUT2D eigenvalue weighted by atomic mass is 19.1. The number of rotatable bonds is 6. The summed E-state index contributed by atoms with van der Waals surface area (Å²) in [4.78, 5) is 60.1. The van der Waals surface area contributed by atoms with Gasteiger partial charge in [0.1, 0.15) is 52.9 Å². The summed E-state index contributed by atoms with van der Waals surface area (Å²) in [5.41, 5.74) is 2.58. The van der Waals surface area contributed by atoms with Gasteiger partial charge in [-0.3, -0.25) is 9.59 Å². The molecule has 314 valence electrons. The first-order valence-corrected chi connectivity index (χ1v) is 20.7. The summed E-state index contributed by atoms with van der Waals surface area (Å²) in [6.07, 6.45) is 4.92. The van der Waals surface area contributed by atoms with Gasteiger partial charge in [0.15, 0.2) is 5.65 Å². The summed E-state index contributed by atoms with van der Waals surface area (Å²) in [7, 11) is 1.74. The number of benzene rings is 2. The topological polar surface area (TPSA) is 173 Å². The predicted octanol–water partition coefficient (Wildman–Crippen LogP) is 3.77. The number of aromatic nitrogens is 8. The standard InChI is InChI=1S/C42H42F2N12O5/c1-4-60-27-18-51(3)39(58)33-15-26(61-42-45-10-9-30(48-42)28-11-23(44)12-31-36(28)52(20-27)21(2)47-31)19-54(33)37-29-16-46-56(32-8-5-22(43)13-35(32)57)38(29)50-41(49-37)55-25-14-34(55)40(59)53(17-25)24-6-7-24/h5,8-13,16,24-27,33-34,57H,4,6-7,14-15,17-20H2,1-3H3/t25-,26-,27-,33-,34?/m0/s1. The second-order valence-corrected chi connectivity index (χ2v) is 16.6. The van der Waals surface area contributed by atoms with E-state index in [1.165, 1.54) is 28.9 Å². The largest absolute Gasteiger partial charge is 0.506 e. The number of aryl methyl sites for hydroxylation is 1. The molecule has 4 aromatic heterocycles. The molecule has 5 fully saturated rings. The Kier molecular flexibility index (Phi) is 8.63. The zero-order valence-electron chi connectivity index (χ0n) is 33.6. The van der Waals surface area contributed by atoms with Gasteiger partial charge in [-0.1, -0.05) is 0 Å². The molecule has 2 aromatic carbocycles. The number of piperazine rings is 1. The van der Waals surface area contributed by atoms with Gasteiger partial charge in [-0.2, -0.15) is 20.1 Å². The molecule has 0 spiro atoms. The zero-order valence-corrected chi connectivity index (χ0v) is 33.6. The van der Waals surface area contributed by atoms with Crippen molar-refractivity contribution in [2.24, 2.45) is 0 Å². The molecule has 61 heavy (non-hydrogen) atoms. The molecule has 9 heterocycles. The summed E-state index contributed by atoms with van der Waals surface area (Å²) in [5.74, 6) is -0.306. The normalized spacial score (nSPS) is 24.0. The number of amides is 2. The van der Waals surface area contributed by atoms with Crippen LogP contribution in [-0.2, 0) is 20.9 Å². The van der Waals surface area contributed by atoms with Crippen molar-refractivity contribution in [3.8, 4) is 28.7 Å². The third kappa shape index (κ3) is 6.18. The maximum absolute atomic E-state index is 15.2. The highest BCUT2D eigenvalue weighted by Gasteiger charge is 2.55. The van der Waals surface area contributed by atoms with Crippen LogP contribution in [0.25, 0.3) is 39.0 Å². The number of imidazole rings is 1. The van der Waals surface area contributed by atoms with Crippen molar-refractivity contribution in [1.82, 2.24) is 49.1 Å². The Morgan fingerprint density at radius 1 is 0.902 bits per heavy atom. The van der Waals surface area contributed by atoms with Crippen LogP contribution in [0.4, 0.5) is 20.5 Å². The smallest absolute Gasteiger partial charge is 0.317 e. The third-order valence-corrected chi connectivity index (χ3v) is 12.6. The molecule has 1 aliphatic carbocycles. The summed E-state index contributed by atoms with van der Waals surface area (Å²) in [6.45, 7) is 5.39. The fourth-order valence-electron chi connectivity index (χ4n) is 9.65. The Bertz CT molecular complexity index is 2780. The van der Waals surface area contributed by atoms with Crippen LogP contribution in [0, 0.1) is 18.6 Å². The minimum Gasteiger partial charge on any atom is -0.506 e. The van der Waals surface area contributed by atoms with Crippen LogP contribution in [0.3, 0.4) is 0 Å². The van der Waals surface area contributed by atoms with E-state index in [0.29, 0.717) is 71.1 Å². The van der Waals surface area contributed by atoms with Crippen LogP contribution in [0.1, 0.15) is 38.4 Å². The van der Waals surface area contributed by atoms with E-state index in [1.807, 2.05) is 33.1 Å². The number of fused-ring (bicyclic) bond motifs is 8. The van der Waals surface area contributed by atoms with Crippen LogP contribution in [-0.4, -0.2) is 136 Å². The molecule has 5 atom stereocenters. The second-order valence-electron chi connectivity index (χ2n) is 16.6. The van der Waals surface area contributed by atoms with Gasteiger partial charge in [0, 0.05) is 63.1 Å². The molecule has 17 nitrogen and oxygen atoms in total. The molecule has 6 aliphatic rings. The van der Waals surface area contributed by atoms with E-state index in [-0.39, 0.29) is 66.8 Å². The molecule has 6 bridgehead atoms. The van der Waals surface area contributed by atoms with E-state index in [1.54, 1.807) is 30.4 Å². The van der Waals surface area contributed by atoms with Crippen LogP contribution in [0.15, 0.2) is 48.8 Å². The number of hydrogen-bond donors (Lipinski definition) is 1. The number of anilines is 2. The number of hydrogen-bond acceptors (Lipinski definition) is 13. The van der Waals surface area contributed by atoms with Crippen molar-refractivity contribution in [3.05, 3.63) is 66.3 Å². The van der Waals surface area contributed by atoms with Crippen molar-refractivity contribution in [2.75, 3.05) is 43.1 Å². The van der Waals surface area contributed by atoms with Crippen molar-refractivity contribution in [3.63, 3.8) is 0 Å². The number of likely N-dealkylation sites (N-methyl/N-ethyl adjacent to an activating group) is 1. The van der Waals surface area contributed by atoms with Gasteiger partial charge in [-0.25, -0.2) is 23.4 Å². The number of carbonyl (C=O) groups is 2. The van der Waals surface area contributed by atoms with Gasteiger partial charge in [0.2, 0.25) is 17.8 Å². The molecule has 2 amide bonds. The Morgan fingerprint density at radius 3 is 2.54 bits per heavy atom. The van der Waals surface area contributed by atoms with E-state index in [2.05, 4.69) is 15.1 Å². The second kappa shape index (κ2) is 14.0. The van der Waals surface area contributed by atoms with Crippen molar-refractivity contribution in [1.29, 1.82) is 0 Å². The van der Waals surface area contributed by atoms with Crippen molar-refractivity contribution >= 4 is 45.6 Å². The lowest BCUT2D eigenvalue weighted by atomic mass is 9.87. The van der Waals surface area contributed by atoms with Gasteiger partial charge < -0.3 is 38.7 Å². The minimum atomic E-state index is -0.810. The molecule has 0 radical (unpaired) electrons. The number of halogens is 2. The molecule has 5 aliphatic heterocycles. The molecule has 19 heteroatoms. The van der Waals surface area contributed by atoms with E-state index < -0.39 is 35.9 Å². The lowest BCUT2D eigenvalue weighted by Crippen LogP contribution is -2.72. The van der Waals surface area contributed by atoms with Crippen molar-refractivity contribution in [2.45, 2.75) is 82.5 Å². The van der Waals surface area contributed by atoms with Crippen LogP contribution in [0.5, 0.6) is 11.8 Å². The molecular formula is C42H42F2N12O5. The number of phenolic OH excluding ortho intramolecular Hbond substituents is 1. The highest BCUT2D eigenvalue weighted by Crippen LogP contribution is 2.43. The Morgan fingerprint density at radius 2 is 1.75 bits per heavy atom. The lowest BCUT2D eigenvalue weighted by Gasteiger charge is -2.55. The first kappa shape index (κ1) is 37.5. The Hall–Kier alpha value is -6.50. The molecule has 4 saturated heterocycles. The number of nitrogens with zero attached hydrogens (tertiary/aromatic N) is 12. The Labute approximate surface area is 347 Å². The Balaban J connectivity index is 1.04. The first-order chi connectivity index (χ1) is 29.5. The molecular weight excluding hydrogens is 791 g/mol. The number of carbonyl (C=O) groups excluding carboxylic acids is 2. The molecule has 1 saturated carbocycles. The summed E-state index contributed by atoms with van der Waals surface area (Å²) in [6, 6.07) is 7.20. The van der Waals surface area contributed by atoms with Crippen LogP contribution < -0.4 is 14.5 Å². The van der Waals surface area contributed by atoms with Crippen LogP contribution >= 0.6 is 0 Å². The first-order valence-electron chi connectivity index (χ1n) is 20.7. The summed E-state index contributed by atoms with van der Waals surface area (Å²) < 4.78 is 45.6. The summed E-state index contributed by atoms with van der Waals surface area (Å²) in [5, 5.41) is 16.0. The number of aromatic hydroxyl groups is 1. The van der Waals surface area contributed by atoms with Crippen molar-refractivity contribution < 1.29 is 33.0 Å². The molecule has 12 rings (SSSR count). The van der Waals surface area contributed by atoms with Crippen LogP contribution in [0.2, 0.25) is 0 Å². The fraction of sp³-hybridized carbons (Fsp3) is 0.429. The molecule has 6 aromatic rings. The summed E-state index contributed by atoms with van der Waals surface area (Å²) >= 11 is 0.